The van der Waals surface area contributed by atoms with Gasteiger partial charge in [-0.05, 0) is 24.4 Å². The van der Waals surface area contributed by atoms with Crippen molar-refractivity contribution in [2.75, 3.05) is 0 Å². The molecule has 0 saturated carbocycles. The van der Waals surface area contributed by atoms with Crippen molar-refractivity contribution < 1.29 is 4.52 Å². The molecule has 0 aromatic carbocycles. The molecule has 3 heterocycles. The van der Waals surface area contributed by atoms with E-state index in [9.17, 15) is 0 Å². The zero-order chi connectivity index (χ0) is 11.8. The molecule has 2 N–H and O–H groups in total. The van der Waals surface area contributed by atoms with Crippen LogP contribution in [0, 0.1) is 0 Å². The van der Waals surface area contributed by atoms with Gasteiger partial charge >= 0.3 is 0 Å². The minimum atomic E-state index is -0.255. The number of nitrogens with zero attached hydrogens (tertiary/aromatic N) is 3. The summed E-state index contributed by atoms with van der Waals surface area (Å²) in [7, 11) is 0. The molecule has 0 amide bonds. The average molecular weight is 246 g/mol. The highest BCUT2D eigenvalue weighted by molar-refractivity contribution is 7.17. The molecule has 0 aliphatic heterocycles. The summed E-state index contributed by atoms with van der Waals surface area (Å²) >= 11 is 1.64. The summed E-state index contributed by atoms with van der Waals surface area (Å²) in [6, 6.07) is 3.73. The third-order valence-corrected chi connectivity index (χ3v) is 3.25. The smallest absolute Gasteiger partial charge is 0.243 e. The van der Waals surface area contributed by atoms with Crippen LogP contribution in [0.5, 0.6) is 0 Å². The molecule has 0 saturated heterocycles. The highest BCUT2D eigenvalue weighted by Gasteiger charge is 2.12. The van der Waals surface area contributed by atoms with Crippen molar-refractivity contribution in [3.63, 3.8) is 0 Å². The van der Waals surface area contributed by atoms with E-state index in [0.717, 1.165) is 15.8 Å². The van der Waals surface area contributed by atoms with E-state index >= 15 is 0 Å². The molecule has 86 valence electrons. The van der Waals surface area contributed by atoms with Gasteiger partial charge in [-0.15, -0.1) is 11.3 Å². The molecule has 3 aromatic heterocycles. The van der Waals surface area contributed by atoms with Crippen LogP contribution in [0.25, 0.3) is 21.6 Å². The molecular weight excluding hydrogens is 236 g/mol. The second kappa shape index (κ2) is 3.90. The standard InChI is InChI=1S/C11H10N4OS/c1-6(12)11-14-10(15-16-11)7-4-9-8(13-5-7)2-3-17-9/h2-6H,12H2,1H3. The number of thiophene rings is 1. The third-order valence-electron chi connectivity index (χ3n) is 2.39. The number of hydrogen-bond acceptors (Lipinski definition) is 6. The van der Waals surface area contributed by atoms with E-state index in [1.807, 2.05) is 17.5 Å². The fourth-order valence-corrected chi connectivity index (χ4v) is 2.29. The lowest BCUT2D eigenvalue weighted by Gasteiger charge is -1.94. The Balaban J connectivity index is 2.06. The van der Waals surface area contributed by atoms with Gasteiger partial charge in [0, 0.05) is 11.8 Å². The number of nitrogens with two attached hydrogens (primary N) is 1. The average Bonchev–Trinajstić information content (AvgIpc) is 2.97. The Hall–Kier alpha value is -1.79. The fourth-order valence-electron chi connectivity index (χ4n) is 1.51. The third kappa shape index (κ3) is 1.81. The van der Waals surface area contributed by atoms with Gasteiger partial charge in [0.15, 0.2) is 0 Å². The Bertz CT molecular complexity index is 658. The molecule has 5 nitrogen and oxygen atoms in total. The molecule has 0 spiro atoms. The van der Waals surface area contributed by atoms with Gasteiger partial charge < -0.3 is 10.3 Å². The molecule has 1 atom stereocenters. The molecule has 3 rings (SSSR count). The quantitative estimate of drug-likeness (QED) is 0.751. The Labute approximate surface area is 101 Å². The van der Waals surface area contributed by atoms with Crippen LogP contribution in [0.15, 0.2) is 28.2 Å². The van der Waals surface area contributed by atoms with Gasteiger partial charge in [-0.3, -0.25) is 4.98 Å². The normalized spacial score (nSPS) is 13.1. The van der Waals surface area contributed by atoms with E-state index in [2.05, 4.69) is 15.1 Å². The summed E-state index contributed by atoms with van der Waals surface area (Å²) in [6.07, 6.45) is 1.74. The lowest BCUT2D eigenvalue weighted by molar-refractivity contribution is 0.362. The molecule has 17 heavy (non-hydrogen) atoms. The number of rotatable bonds is 2. The number of pyridine rings is 1. The molecule has 0 fully saturated rings. The minimum absolute atomic E-state index is 0.255. The van der Waals surface area contributed by atoms with E-state index in [4.69, 9.17) is 10.3 Å². The van der Waals surface area contributed by atoms with Crippen LogP contribution < -0.4 is 5.73 Å². The highest BCUT2D eigenvalue weighted by atomic mass is 32.1. The van der Waals surface area contributed by atoms with Gasteiger partial charge in [-0.1, -0.05) is 5.16 Å². The van der Waals surface area contributed by atoms with Gasteiger partial charge in [0.2, 0.25) is 11.7 Å². The lowest BCUT2D eigenvalue weighted by Crippen LogP contribution is -2.04. The predicted octanol–water partition coefficient (Wildman–Crippen LogP) is 2.37. The maximum absolute atomic E-state index is 5.67. The zero-order valence-electron chi connectivity index (χ0n) is 9.12. The molecular formula is C11H10N4OS. The van der Waals surface area contributed by atoms with Gasteiger partial charge in [-0.2, -0.15) is 4.98 Å². The van der Waals surface area contributed by atoms with Crippen molar-refractivity contribution in [1.29, 1.82) is 0 Å². The van der Waals surface area contributed by atoms with Crippen LogP contribution in [-0.4, -0.2) is 15.1 Å². The fraction of sp³-hybridized carbons (Fsp3) is 0.182. The number of fused-ring (bicyclic) bond motifs is 1. The lowest BCUT2D eigenvalue weighted by atomic mass is 10.2. The molecule has 0 aliphatic rings. The van der Waals surface area contributed by atoms with Gasteiger partial charge in [0.05, 0.1) is 16.3 Å². The molecule has 1 unspecified atom stereocenters. The highest BCUT2D eigenvalue weighted by Crippen LogP contribution is 2.24. The van der Waals surface area contributed by atoms with Crippen LogP contribution in [0.1, 0.15) is 18.9 Å². The van der Waals surface area contributed by atoms with Crippen LogP contribution in [0.3, 0.4) is 0 Å². The predicted molar refractivity (Wildman–Crippen MR) is 65.5 cm³/mol. The Morgan fingerprint density at radius 3 is 3.12 bits per heavy atom. The number of hydrogen-bond donors (Lipinski definition) is 1. The summed E-state index contributed by atoms with van der Waals surface area (Å²) in [5, 5.41) is 5.90. The van der Waals surface area contributed by atoms with Crippen molar-refractivity contribution >= 4 is 21.6 Å². The van der Waals surface area contributed by atoms with Crippen LogP contribution >= 0.6 is 11.3 Å². The maximum atomic E-state index is 5.67. The zero-order valence-corrected chi connectivity index (χ0v) is 9.94. The van der Waals surface area contributed by atoms with Gasteiger partial charge in [-0.25, -0.2) is 0 Å². The summed E-state index contributed by atoms with van der Waals surface area (Å²) in [5.74, 6) is 0.964. The van der Waals surface area contributed by atoms with Crippen molar-refractivity contribution in [3.8, 4) is 11.4 Å². The van der Waals surface area contributed by atoms with E-state index in [0.29, 0.717) is 11.7 Å². The first-order valence-electron chi connectivity index (χ1n) is 5.17. The van der Waals surface area contributed by atoms with E-state index in [1.54, 1.807) is 24.5 Å². The van der Waals surface area contributed by atoms with Gasteiger partial charge in [0.25, 0.3) is 0 Å². The van der Waals surface area contributed by atoms with Crippen LogP contribution in [-0.2, 0) is 0 Å². The summed E-state index contributed by atoms with van der Waals surface area (Å²) < 4.78 is 6.17. The number of aromatic nitrogens is 3. The SMILES string of the molecule is CC(N)c1nc(-c2cnc3ccsc3c2)no1. The van der Waals surface area contributed by atoms with E-state index in [-0.39, 0.29) is 6.04 Å². The Kier molecular flexibility index (Phi) is 2.38. The van der Waals surface area contributed by atoms with E-state index in [1.165, 1.54) is 0 Å². The van der Waals surface area contributed by atoms with Crippen LogP contribution in [0.4, 0.5) is 0 Å². The largest absolute Gasteiger partial charge is 0.337 e. The topological polar surface area (TPSA) is 77.8 Å². The van der Waals surface area contributed by atoms with Crippen LogP contribution in [0.2, 0.25) is 0 Å². The second-order valence-electron chi connectivity index (χ2n) is 3.77. The molecule has 0 radical (unpaired) electrons. The van der Waals surface area contributed by atoms with Gasteiger partial charge in [0.1, 0.15) is 0 Å². The minimum Gasteiger partial charge on any atom is -0.337 e. The summed E-state index contributed by atoms with van der Waals surface area (Å²) in [6.45, 7) is 1.80. The maximum Gasteiger partial charge on any atom is 0.243 e. The first kappa shape index (κ1) is 10.4. The second-order valence-corrected chi connectivity index (χ2v) is 4.72. The first-order valence-corrected chi connectivity index (χ1v) is 6.05. The van der Waals surface area contributed by atoms with Crippen molar-refractivity contribution in [2.45, 2.75) is 13.0 Å². The van der Waals surface area contributed by atoms with Crippen molar-refractivity contribution in [3.05, 3.63) is 29.6 Å². The molecule has 0 aliphatic carbocycles. The first-order chi connectivity index (χ1) is 8.24. The Morgan fingerprint density at radius 1 is 1.47 bits per heavy atom. The van der Waals surface area contributed by atoms with E-state index < -0.39 is 0 Å². The summed E-state index contributed by atoms with van der Waals surface area (Å²) in [5.41, 5.74) is 7.49. The van der Waals surface area contributed by atoms with Crippen molar-refractivity contribution in [1.82, 2.24) is 15.1 Å². The van der Waals surface area contributed by atoms with Crippen molar-refractivity contribution in [2.24, 2.45) is 5.73 Å². The summed E-state index contributed by atoms with van der Waals surface area (Å²) in [4.78, 5) is 8.56. The molecule has 6 heteroatoms. The Morgan fingerprint density at radius 2 is 2.35 bits per heavy atom. The monoisotopic (exact) mass is 246 g/mol. The molecule has 0 bridgehead atoms. The molecule has 3 aromatic rings.